The lowest BCUT2D eigenvalue weighted by Gasteiger charge is -2.30. The summed E-state index contributed by atoms with van der Waals surface area (Å²) in [5.41, 5.74) is 2.48. The zero-order valence-corrected chi connectivity index (χ0v) is 13.4. The van der Waals surface area contributed by atoms with Gasteiger partial charge in [-0.15, -0.1) is 0 Å². The normalized spacial score (nSPS) is 14.0. The Hall–Kier alpha value is -1.98. The van der Waals surface area contributed by atoms with Gasteiger partial charge in [-0.3, -0.25) is 9.78 Å². The maximum absolute atomic E-state index is 14.1. The first-order chi connectivity index (χ1) is 11.1. The van der Waals surface area contributed by atoms with E-state index in [1.54, 1.807) is 24.1 Å². The van der Waals surface area contributed by atoms with Crippen molar-refractivity contribution in [3.8, 4) is 0 Å². The summed E-state index contributed by atoms with van der Waals surface area (Å²) in [6, 6.07) is 5.22. The lowest BCUT2D eigenvalue weighted by atomic mass is 9.98. The highest BCUT2D eigenvalue weighted by Gasteiger charge is 2.28. The van der Waals surface area contributed by atoms with Crippen molar-refractivity contribution in [1.29, 1.82) is 0 Å². The predicted molar refractivity (Wildman–Crippen MR) is 86.6 cm³/mol. The van der Waals surface area contributed by atoms with Gasteiger partial charge in [0, 0.05) is 36.2 Å². The lowest BCUT2D eigenvalue weighted by molar-refractivity contribution is 0.0980. The molecule has 0 aliphatic carbocycles. The molecule has 2 heterocycles. The van der Waals surface area contributed by atoms with Gasteiger partial charge < -0.3 is 9.64 Å². The first-order valence-electron chi connectivity index (χ1n) is 7.33. The van der Waals surface area contributed by atoms with Gasteiger partial charge in [0.15, 0.2) is 0 Å². The highest BCUT2D eigenvalue weighted by atomic mass is 35.5. The fraction of sp³-hybridized carbons (Fsp3) is 0.294. The van der Waals surface area contributed by atoms with E-state index in [1.807, 2.05) is 6.07 Å². The van der Waals surface area contributed by atoms with E-state index < -0.39 is 5.82 Å². The minimum atomic E-state index is -0.422. The van der Waals surface area contributed by atoms with Gasteiger partial charge in [-0.2, -0.15) is 0 Å². The summed E-state index contributed by atoms with van der Waals surface area (Å²) >= 11 is 5.98. The number of methoxy groups -OCH3 is 1. The summed E-state index contributed by atoms with van der Waals surface area (Å²) in [6.07, 6.45) is 3.75. The second-order valence-corrected chi connectivity index (χ2v) is 5.81. The standard InChI is InChI=1S/C17H16ClFN2O2/c1-23-7-5-14-15(19)9-20-10-16(14)21-6-4-11-8-12(18)2-3-13(11)17(21)22/h2-3,8-10H,4-7H2,1H3. The Morgan fingerprint density at radius 1 is 1.39 bits per heavy atom. The van der Waals surface area contributed by atoms with Crippen molar-refractivity contribution in [2.45, 2.75) is 12.8 Å². The Labute approximate surface area is 138 Å². The van der Waals surface area contributed by atoms with Crippen molar-refractivity contribution >= 4 is 23.2 Å². The van der Waals surface area contributed by atoms with Crippen LogP contribution in [0.3, 0.4) is 0 Å². The number of hydrogen-bond acceptors (Lipinski definition) is 3. The first kappa shape index (κ1) is 15.9. The summed E-state index contributed by atoms with van der Waals surface area (Å²) in [6.45, 7) is 0.847. The van der Waals surface area contributed by atoms with Crippen LogP contribution >= 0.6 is 11.6 Å². The van der Waals surface area contributed by atoms with Crippen molar-refractivity contribution in [2.75, 3.05) is 25.2 Å². The molecule has 120 valence electrons. The maximum atomic E-state index is 14.1. The predicted octanol–water partition coefficient (Wildman–Crippen LogP) is 3.27. The van der Waals surface area contributed by atoms with Crippen LogP contribution in [0.5, 0.6) is 0 Å². The molecule has 23 heavy (non-hydrogen) atoms. The summed E-state index contributed by atoms with van der Waals surface area (Å²) in [5, 5.41) is 0.609. The van der Waals surface area contributed by atoms with Crippen molar-refractivity contribution in [2.24, 2.45) is 0 Å². The smallest absolute Gasteiger partial charge is 0.258 e. The fourth-order valence-electron chi connectivity index (χ4n) is 2.82. The second kappa shape index (κ2) is 6.64. The van der Waals surface area contributed by atoms with Gasteiger partial charge in [0.05, 0.1) is 24.7 Å². The number of rotatable bonds is 4. The van der Waals surface area contributed by atoms with Crippen LogP contribution < -0.4 is 4.90 Å². The molecule has 0 unspecified atom stereocenters. The van der Waals surface area contributed by atoms with Crippen molar-refractivity contribution in [3.05, 3.63) is 58.1 Å². The molecule has 0 saturated carbocycles. The summed E-state index contributed by atoms with van der Waals surface area (Å²) in [5.74, 6) is -0.580. The average Bonchev–Trinajstić information content (AvgIpc) is 2.54. The molecule has 1 aliphatic rings. The third-order valence-electron chi connectivity index (χ3n) is 3.98. The maximum Gasteiger partial charge on any atom is 0.258 e. The largest absolute Gasteiger partial charge is 0.384 e. The molecule has 1 aromatic heterocycles. The number of carbonyl (C=O) groups excluding carboxylic acids is 1. The zero-order chi connectivity index (χ0) is 16.4. The van der Waals surface area contributed by atoms with E-state index >= 15 is 0 Å². The Morgan fingerprint density at radius 2 is 2.22 bits per heavy atom. The van der Waals surface area contributed by atoms with E-state index in [1.165, 1.54) is 6.20 Å². The van der Waals surface area contributed by atoms with Crippen molar-refractivity contribution in [3.63, 3.8) is 0 Å². The Morgan fingerprint density at radius 3 is 3.00 bits per heavy atom. The van der Waals surface area contributed by atoms with Crippen LogP contribution in [0.1, 0.15) is 21.5 Å². The van der Waals surface area contributed by atoms with Crippen LogP contribution in [0.25, 0.3) is 0 Å². The average molecular weight is 335 g/mol. The molecular formula is C17H16ClFN2O2. The molecule has 0 bridgehead atoms. The third kappa shape index (κ3) is 3.07. The highest BCUT2D eigenvalue weighted by molar-refractivity contribution is 6.30. The number of hydrogen-bond donors (Lipinski definition) is 0. The summed E-state index contributed by atoms with van der Waals surface area (Å²) < 4.78 is 19.2. The van der Waals surface area contributed by atoms with Gasteiger partial charge in [0.2, 0.25) is 0 Å². The number of fused-ring (bicyclic) bond motifs is 1. The molecule has 3 rings (SSSR count). The molecule has 0 saturated heterocycles. The molecule has 0 fully saturated rings. The summed E-state index contributed by atoms with van der Waals surface area (Å²) in [4.78, 5) is 18.2. The topological polar surface area (TPSA) is 42.4 Å². The molecule has 0 atom stereocenters. The molecular weight excluding hydrogens is 319 g/mol. The molecule has 6 heteroatoms. The zero-order valence-electron chi connectivity index (χ0n) is 12.7. The van der Waals surface area contributed by atoms with Gasteiger partial charge in [-0.1, -0.05) is 11.6 Å². The lowest BCUT2D eigenvalue weighted by Crippen LogP contribution is -2.38. The Kier molecular flexibility index (Phi) is 4.59. The number of benzene rings is 1. The van der Waals surface area contributed by atoms with Crippen LogP contribution in [0.15, 0.2) is 30.6 Å². The molecule has 0 spiro atoms. The van der Waals surface area contributed by atoms with E-state index in [2.05, 4.69) is 4.98 Å². The Bertz CT molecular complexity index is 751. The van der Waals surface area contributed by atoms with E-state index in [9.17, 15) is 9.18 Å². The number of amides is 1. The molecule has 0 radical (unpaired) electrons. The SMILES string of the molecule is COCCc1c(F)cncc1N1CCc2cc(Cl)ccc2C1=O. The fourth-order valence-corrected chi connectivity index (χ4v) is 3.02. The monoisotopic (exact) mass is 334 g/mol. The van der Waals surface area contributed by atoms with Gasteiger partial charge in [0.1, 0.15) is 5.82 Å². The first-order valence-corrected chi connectivity index (χ1v) is 7.71. The summed E-state index contributed by atoms with van der Waals surface area (Å²) in [7, 11) is 1.56. The van der Waals surface area contributed by atoms with Gasteiger partial charge in [0.25, 0.3) is 5.91 Å². The van der Waals surface area contributed by atoms with Gasteiger partial charge in [-0.05, 0) is 30.2 Å². The van der Waals surface area contributed by atoms with E-state index in [0.29, 0.717) is 47.8 Å². The van der Waals surface area contributed by atoms with Crippen molar-refractivity contribution in [1.82, 2.24) is 4.98 Å². The van der Waals surface area contributed by atoms with E-state index in [0.717, 1.165) is 11.8 Å². The van der Waals surface area contributed by atoms with Crippen LogP contribution in [0.2, 0.25) is 5.02 Å². The van der Waals surface area contributed by atoms with Gasteiger partial charge >= 0.3 is 0 Å². The van der Waals surface area contributed by atoms with Crippen LogP contribution in [-0.4, -0.2) is 31.2 Å². The molecule has 1 aromatic carbocycles. The van der Waals surface area contributed by atoms with Gasteiger partial charge in [-0.25, -0.2) is 4.39 Å². The molecule has 1 aliphatic heterocycles. The quantitative estimate of drug-likeness (QED) is 0.862. The van der Waals surface area contributed by atoms with Crippen molar-refractivity contribution < 1.29 is 13.9 Å². The number of carbonyl (C=O) groups is 1. The number of halogens is 2. The second-order valence-electron chi connectivity index (χ2n) is 5.37. The Balaban J connectivity index is 1.99. The third-order valence-corrected chi connectivity index (χ3v) is 4.21. The van der Waals surface area contributed by atoms with Crippen LogP contribution in [-0.2, 0) is 17.6 Å². The number of aromatic nitrogens is 1. The number of anilines is 1. The number of ether oxygens (including phenoxy) is 1. The molecule has 2 aromatic rings. The molecule has 1 amide bonds. The molecule has 0 N–H and O–H groups in total. The van der Waals surface area contributed by atoms with Crippen LogP contribution in [0, 0.1) is 5.82 Å². The van der Waals surface area contributed by atoms with Crippen LogP contribution in [0.4, 0.5) is 10.1 Å². The van der Waals surface area contributed by atoms with E-state index in [4.69, 9.17) is 16.3 Å². The highest BCUT2D eigenvalue weighted by Crippen LogP contribution is 2.29. The minimum absolute atomic E-state index is 0.158. The minimum Gasteiger partial charge on any atom is -0.384 e. The number of nitrogens with zero attached hydrogens (tertiary/aromatic N) is 2. The van der Waals surface area contributed by atoms with E-state index in [-0.39, 0.29) is 5.91 Å². The molecule has 4 nitrogen and oxygen atoms in total. The number of pyridine rings is 1.